The molecule has 4 nitrogen and oxygen atoms in total. The van der Waals surface area contributed by atoms with E-state index in [1.54, 1.807) is 11.0 Å². The van der Waals surface area contributed by atoms with Crippen LogP contribution in [0.5, 0.6) is 5.75 Å². The van der Waals surface area contributed by atoms with Crippen molar-refractivity contribution in [2.24, 2.45) is 5.92 Å². The molecule has 1 fully saturated rings. The largest absolute Gasteiger partial charge is 0.484 e. The van der Waals surface area contributed by atoms with Crippen LogP contribution in [0.4, 0.5) is 4.39 Å². The van der Waals surface area contributed by atoms with Crippen LogP contribution in [0.2, 0.25) is 0 Å². The summed E-state index contributed by atoms with van der Waals surface area (Å²) in [5.74, 6) is -0.194. The number of rotatable bonds is 4. The Bertz CT molecular complexity index is 554. The number of ether oxygens (including phenoxy) is 1. The number of halogens is 1. The first kappa shape index (κ1) is 13.1. The molecule has 1 aliphatic carbocycles. The van der Waals surface area contributed by atoms with Crippen molar-refractivity contribution in [1.29, 1.82) is 0 Å². The van der Waals surface area contributed by atoms with Crippen LogP contribution in [0.15, 0.2) is 12.1 Å². The molecule has 1 amide bonds. The fourth-order valence-electron chi connectivity index (χ4n) is 2.67. The molecule has 1 heterocycles. The van der Waals surface area contributed by atoms with Crippen molar-refractivity contribution in [1.82, 2.24) is 4.90 Å². The highest BCUT2D eigenvalue weighted by Crippen LogP contribution is 2.31. The van der Waals surface area contributed by atoms with Gasteiger partial charge in [0.25, 0.3) is 5.91 Å². The van der Waals surface area contributed by atoms with E-state index in [1.165, 1.54) is 6.07 Å². The van der Waals surface area contributed by atoms with Gasteiger partial charge in [-0.25, -0.2) is 4.39 Å². The van der Waals surface area contributed by atoms with Gasteiger partial charge >= 0.3 is 0 Å². The molecule has 0 spiro atoms. The average molecular weight is 277 g/mol. The molecule has 1 atom stereocenters. The smallest absolute Gasteiger partial charge is 0.260 e. The van der Waals surface area contributed by atoms with Crippen molar-refractivity contribution in [3.63, 3.8) is 0 Å². The Morgan fingerprint density at radius 1 is 1.40 bits per heavy atom. The summed E-state index contributed by atoms with van der Waals surface area (Å²) in [5.41, 5.74) is 1.41. The third kappa shape index (κ3) is 2.40. The SMILES string of the molecule is O=CC1Cc2cc(OCC(=O)N3CCC3)cc(F)c2C1. The molecular formula is C15H16FNO3. The van der Waals surface area contributed by atoms with Gasteiger partial charge in [-0.1, -0.05) is 0 Å². The predicted molar refractivity (Wildman–Crippen MR) is 70.1 cm³/mol. The molecule has 1 aromatic carbocycles. The number of hydrogen-bond donors (Lipinski definition) is 0. The Morgan fingerprint density at radius 3 is 2.85 bits per heavy atom. The van der Waals surface area contributed by atoms with E-state index < -0.39 is 0 Å². The van der Waals surface area contributed by atoms with E-state index >= 15 is 0 Å². The molecule has 5 heteroatoms. The third-order valence-electron chi connectivity index (χ3n) is 3.97. The highest BCUT2D eigenvalue weighted by molar-refractivity contribution is 5.78. The number of benzene rings is 1. The average Bonchev–Trinajstić information content (AvgIpc) is 2.78. The second-order valence-electron chi connectivity index (χ2n) is 5.37. The number of hydrogen-bond acceptors (Lipinski definition) is 3. The molecule has 0 radical (unpaired) electrons. The van der Waals surface area contributed by atoms with E-state index in [1.807, 2.05) is 0 Å². The molecule has 1 aromatic rings. The van der Waals surface area contributed by atoms with Gasteiger partial charge in [0, 0.05) is 25.1 Å². The number of nitrogens with zero attached hydrogens (tertiary/aromatic N) is 1. The van der Waals surface area contributed by atoms with Gasteiger partial charge in [0.15, 0.2) is 6.61 Å². The Labute approximate surface area is 116 Å². The summed E-state index contributed by atoms with van der Waals surface area (Å²) >= 11 is 0. The number of likely N-dealkylation sites (tertiary alicyclic amines) is 1. The third-order valence-corrected chi connectivity index (χ3v) is 3.97. The summed E-state index contributed by atoms with van der Waals surface area (Å²) < 4.78 is 19.3. The van der Waals surface area contributed by atoms with Gasteiger partial charge in [0.05, 0.1) is 0 Å². The zero-order valence-electron chi connectivity index (χ0n) is 11.1. The minimum atomic E-state index is -0.349. The van der Waals surface area contributed by atoms with Gasteiger partial charge in [-0.2, -0.15) is 0 Å². The van der Waals surface area contributed by atoms with Crippen molar-refractivity contribution < 1.29 is 18.7 Å². The maximum atomic E-state index is 13.9. The van der Waals surface area contributed by atoms with E-state index in [-0.39, 0.29) is 24.2 Å². The standard InChI is InChI=1S/C15H16FNO3/c16-14-7-12(20-9-15(19)17-2-1-3-17)6-11-4-10(8-18)5-13(11)14/h6-8,10H,1-5,9H2. The molecular weight excluding hydrogens is 261 g/mol. The minimum Gasteiger partial charge on any atom is -0.484 e. The highest BCUT2D eigenvalue weighted by atomic mass is 19.1. The fourth-order valence-corrected chi connectivity index (χ4v) is 2.67. The number of fused-ring (bicyclic) bond motifs is 1. The summed E-state index contributed by atoms with van der Waals surface area (Å²) in [5, 5.41) is 0. The van der Waals surface area contributed by atoms with Gasteiger partial charge in [-0.15, -0.1) is 0 Å². The van der Waals surface area contributed by atoms with Crippen LogP contribution in [0.25, 0.3) is 0 Å². The maximum Gasteiger partial charge on any atom is 0.260 e. The Hall–Kier alpha value is -1.91. The lowest BCUT2D eigenvalue weighted by Crippen LogP contribution is -2.44. The van der Waals surface area contributed by atoms with Gasteiger partial charge in [-0.05, 0) is 36.5 Å². The fraction of sp³-hybridized carbons (Fsp3) is 0.467. The van der Waals surface area contributed by atoms with Crippen LogP contribution in [-0.4, -0.2) is 36.8 Å². The van der Waals surface area contributed by atoms with Crippen LogP contribution in [0, 0.1) is 11.7 Å². The van der Waals surface area contributed by atoms with E-state index in [4.69, 9.17) is 4.74 Å². The van der Waals surface area contributed by atoms with Crippen LogP contribution in [-0.2, 0) is 22.4 Å². The van der Waals surface area contributed by atoms with Crippen molar-refractivity contribution in [3.8, 4) is 5.75 Å². The number of aldehydes is 1. The first-order chi connectivity index (χ1) is 9.67. The minimum absolute atomic E-state index is 0.0602. The predicted octanol–water partition coefficient (Wildman–Crippen LogP) is 1.35. The summed E-state index contributed by atoms with van der Waals surface area (Å²) in [6.45, 7) is 1.50. The molecule has 0 aromatic heterocycles. The van der Waals surface area contributed by atoms with E-state index in [9.17, 15) is 14.0 Å². The summed E-state index contributed by atoms with van der Waals surface area (Å²) in [4.78, 5) is 24.2. The zero-order valence-corrected chi connectivity index (χ0v) is 11.1. The maximum absolute atomic E-state index is 13.9. The van der Waals surface area contributed by atoms with E-state index in [0.717, 1.165) is 31.4 Å². The Balaban J connectivity index is 1.67. The van der Waals surface area contributed by atoms with Gasteiger partial charge < -0.3 is 14.4 Å². The molecule has 0 saturated carbocycles. The molecule has 20 heavy (non-hydrogen) atoms. The summed E-state index contributed by atoms with van der Waals surface area (Å²) in [6, 6.07) is 3.04. The number of amides is 1. The van der Waals surface area contributed by atoms with Crippen molar-refractivity contribution in [3.05, 3.63) is 29.1 Å². The monoisotopic (exact) mass is 277 g/mol. The van der Waals surface area contributed by atoms with Gasteiger partial charge in [0.1, 0.15) is 17.9 Å². The molecule has 1 unspecified atom stereocenters. The summed E-state index contributed by atoms with van der Waals surface area (Å²) in [6.07, 6.45) is 2.91. The van der Waals surface area contributed by atoms with Gasteiger partial charge in [-0.3, -0.25) is 4.79 Å². The second-order valence-corrected chi connectivity index (χ2v) is 5.37. The normalized spacial score (nSPS) is 20.2. The topological polar surface area (TPSA) is 46.6 Å². The van der Waals surface area contributed by atoms with Crippen molar-refractivity contribution in [2.45, 2.75) is 19.3 Å². The lowest BCUT2D eigenvalue weighted by Gasteiger charge is -2.30. The Kier molecular flexibility index (Phi) is 3.42. The van der Waals surface area contributed by atoms with Crippen LogP contribution in [0.1, 0.15) is 17.5 Å². The number of carbonyl (C=O) groups is 2. The molecule has 1 saturated heterocycles. The quantitative estimate of drug-likeness (QED) is 0.780. The zero-order chi connectivity index (χ0) is 14.1. The summed E-state index contributed by atoms with van der Waals surface area (Å²) in [7, 11) is 0. The van der Waals surface area contributed by atoms with E-state index in [0.29, 0.717) is 24.2 Å². The van der Waals surface area contributed by atoms with Crippen molar-refractivity contribution in [2.75, 3.05) is 19.7 Å². The van der Waals surface area contributed by atoms with Crippen LogP contribution < -0.4 is 4.74 Å². The van der Waals surface area contributed by atoms with E-state index in [2.05, 4.69) is 0 Å². The molecule has 3 rings (SSSR count). The molecule has 106 valence electrons. The highest BCUT2D eigenvalue weighted by Gasteiger charge is 2.25. The van der Waals surface area contributed by atoms with Crippen LogP contribution >= 0.6 is 0 Å². The van der Waals surface area contributed by atoms with Crippen LogP contribution in [0.3, 0.4) is 0 Å². The molecule has 1 aliphatic heterocycles. The lowest BCUT2D eigenvalue weighted by atomic mass is 10.1. The molecule has 0 N–H and O–H groups in total. The first-order valence-electron chi connectivity index (χ1n) is 6.84. The lowest BCUT2D eigenvalue weighted by molar-refractivity contribution is -0.136. The first-order valence-corrected chi connectivity index (χ1v) is 6.84. The molecule has 0 bridgehead atoms. The Morgan fingerprint density at radius 2 is 2.20 bits per heavy atom. The number of carbonyl (C=O) groups excluding carboxylic acids is 2. The second kappa shape index (κ2) is 5.23. The molecule has 2 aliphatic rings. The van der Waals surface area contributed by atoms with Crippen molar-refractivity contribution >= 4 is 12.2 Å². The van der Waals surface area contributed by atoms with Gasteiger partial charge in [0.2, 0.25) is 0 Å².